The lowest BCUT2D eigenvalue weighted by Crippen LogP contribution is -2.27. The first-order valence-corrected chi connectivity index (χ1v) is 7.20. The Balaban J connectivity index is 1.90. The summed E-state index contributed by atoms with van der Waals surface area (Å²) in [7, 11) is 1.49. The Morgan fingerprint density at radius 3 is 3.12 bits per heavy atom. The fourth-order valence-electron chi connectivity index (χ4n) is 2.77. The van der Waals surface area contributed by atoms with Crippen molar-refractivity contribution in [1.82, 2.24) is 29.6 Å². The molecule has 0 unspecified atom stereocenters. The number of halogens is 1. The second kappa shape index (κ2) is 5.53. The van der Waals surface area contributed by atoms with Crippen molar-refractivity contribution in [2.75, 3.05) is 13.8 Å². The second-order valence-corrected chi connectivity index (χ2v) is 5.25. The number of nitrogens with one attached hydrogen (secondary N) is 1. The minimum Gasteiger partial charge on any atom is -0.364 e. The van der Waals surface area contributed by atoms with Gasteiger partial charge in [0.2, 0.25) is 0 Å². The summed E-state index contributed by atoms with van der Waals surface area (Å²) in [4.78, 5) is 20.7. The van der Waals surface area contributed by atoms with Crippen molar-refractivity contribution in [3.63, 3.8) is 0 Å². The normalized spacial score (nSPS) is 12.1. The number of benzene rings is 1. The highest BCUT2D eigenvalue weighted by Gasteiger charge is 2.26. The number of carbonyl (C=O) groups excluding carboxylic acids is 1. The highest BCUT2D eigenvalue weighted by molar-refractivity contribution is 5.93. The van der Waals surface area contributed by atoms with Crippen molar-refractivity contribution in [1.29, 1.82) is 0 Å². The molecule has 4 rings (SSSR count). The van der Waals surface area contributed by atoms with E-state index in [2.05, 4.69) is 20.4 Å². The molecule has 24 heavy (non-hydrogen) atoms. The van der Waals surface area contributed by atoms with Crippen molar-refractivity contribution in [3.8, 4) is 17.1 Å². The molecule has 0 fully saturated rings. The quantitative estimate of drug-likeness (QED) is 0.566. The van der Waals surface area contributed by atoms with E-state index >= 15 is 0 Å². The summed E-state index contributed by atoms with van der Waals surface area (Å²) in [6.45, 7) is 0.378. The monoisotopic (exact) mass is 328 g/mol. The summed E-state index contributed by atoms with van der Waals surface area (Å²) < 4.78 is 21.9. The molecule has 122 valence electrons. The molecule has 0 spiro atoms. The topological polar surface area (TPSA) is 86.9 Å². The number of amides is 1. The maximum atomic E-state index is 13.7. The molecule has 0 atom stereocenters. The van der Waals surface area contributed by atoms with Crippen LogP contribution in [-0.2, 0) is 11.3 Å². The van der Waals surface area contributed by atoms with Gasteiger partial charge in [-0.25, -0.2) is 19.0 Å². The van der Waals surface area contributed by atoms with Crippen molar-refractivity contribution in [2.45, 2.75) is 6.54 Å². The molecule has 1 aliphatic heterocycles. The van der Waals surface area contributed by atoms with Crippen LogP contribution in [0.25, 0.3) is 17.1 Å². The van der Waals surface area contributed by atoms with Gasteiger partial charge in [0.1, 0.15) is 25.2 Å². The first kappa shape index (κ1) is 14.5. The number of hydrogen-bond acceptors (Lipinski definition) is 5. The van der Waals surface area contributed by atoms with Crippen LogP contribution in [0.15, 0.2) is 30.9 Å². The van der Waals surface area contributed by atoms with Crippen molar-refractivity contribution in [3.05, 3.63) is 48.1 Å². The molecule has 3 aromatic rings. The lowest BCUT2D eigenvalue weighted by molar-refractivity contribution is 0.0866. The highest BCUT2D eigenvalue weighted by atomic mass is 19.1. The molecule has 1 aromatic carbocycles. The average Bonchev–Trinajstić information content (AvgIpc) is 3.18. The number of rotatable bonds is 3. The van der Waals surface area contributed by atoms with Gasteiger partial charge in [0, 0.05) is 12.7 Å². The SMILES string of the molecule is COCNC(=O)c1ncn2c1Cn1ncnc1-c1cc(F)ccc1-2. The maximum absolute atomic E-state index is 13.7. The fourth-order valence-corrected chi connectivity index (χ4v) is 2.77. The Kier molecular flexibility index (Phi) is 3.35. The number of imidazole rings is 1. The zero-order valence-electron chi connectivity index (χ0n) is 12.7. The molecule has 1 N–H and O–H groups in total. The van der Waals surface area contributed by atoms with Gasteiger partial charge in [-0.15, -0.1) is 0 Å². The number of carbonyl (C=O) groups is 1. The van der Waals surface area contributed by atoms with Gasteiger partial charge < -0.3 is 10.1 Å². The van der Waals surface area contributed by atoms with E-state index in [0.29, 0.717) is 29.3 Å². The Hall–Kier alpha value is -3.07. The lowest BCUT2D eigenvalue weighted by atomic mass is 10.1. The number of ether oxygens (including phenoxy) is 1. The highest BCUT2D eigenvalue weighted by Crippen LogP contribution is 2.31. The van der Waals surface area contributed by atoms with Crippen LogP contribution in [0.1, 0.15) is 16.2 Å². The van der Waals surface area contributed by atoms with Gasteiger partial charge in [-0.1, -0.05) is 0 Å². The Morgan fingerprint density at radius 2 is 2.29 bits per heavy atom. The minimum absolute atomic E-state index is 0.0848. The van der Waals surface area contributed by atoms with E-state index < -0.39 is 0 Å². The molecule has 1 amide bonds. The first-order chi connectivity index (χ1) is 11.7. The summed E-state index contributed by atoms with van der Waals surface area (Å²) in [5, 5.41) is 6.79. The van der Waals surface area contributed by atoms with Crippen LogP contribution in [0.2, 0.25) is 0 Å². The van der Waals surface area contributed by atoms with Gasteiger partial charge in [0.15, 0.2) is 11.5 Å². The van der Waals surface area contributed by atoms with Gasteiger partial charge in [0.25, 0.3) is 5.91 Å². The smallest absolute Gasteiger partial charge is 0.273 e. The van der Waals surface area contributed by atoms with E-state index in [-0.39, 0.29) is 24.1 Å². The van der Waals surface area contributed by atoms with Crippen LogP contribution in [-0.4, -0.2) is 44.1 Å². The summed E-state index contributed by atoms with van der Waals surface area (Å²) in [5.74, 6) is -0.181. The molecular weight excluding hydrogens is 315 g/mol. The summed E-state index contributed by atoms with van der Waals surface area (Å²) >= 11 is 0. The molecule has 2 aromatic heterocycles. The predicted molar refractivity (Wildman–Crippen MR) is 81.0 cm³/mol. The van der Waals surface area contributed by atoms with Gasteiger partial charge >= 0.3 is 0 Å². The van der Waals surface area contributed by atoms with E-state index in [1.165, 1.54) is 25.6 Å². The third-order valence-electron chi connectivity index (χ3n) is 3.83. The van der Waals surface area contributed by atoms with Gasteiger partial charge in [-0.2, -0.15) is 5.10 Å². The maximum Gasteiger partial charge on any atom is 0.273 e. The lowest BCUT2D eigenvalue weighted by Gasteiger charge is -2.08. The van der Waals surface area contributed by atoms with E-state index in [1.807, 2.05) is 0 Å². The number of methoxy groups -OCH3 is 1. The molecule has 3 heterocycles. The average molecular weight is 328 g/mol. The fraction of sp³-hybridized carbons (Fsp3) is 0.200. The van der Waals surface area contributed by atoms with E-state index in [9.17, 15) is 9.18 Å². The Bertz CT molecular complexity index is 932. The molecule has 0 bridgehead atoms. The van der Waals surface area contributed by atoms with Crippen molar-refractivity contribution < 1.29 is 13.9 Å². The number of nitrogens with zero attached hydrogens (tertiary/aromatic N) is 5. The van der Waals surface area contributed by atoms with Crippen LogP contribution in [0.3, 0.4) is 0 Å². The van der Waals surface area contributed by atoms with Crippen LogP contribution in [0.4, 0.5) is 4.39 Å². The Morgan fingerprint density at radius 1 is 1.42 bits per heavy atom. The molecule has 0 aliphatic carbocycles. The summed E-state index contributed by atoms with van der Waals surface area (Å²) in [6.07, 6.45) is 2.95. The first-order valence-electron chi connectivity index (χ1n) is 7.20. The van der Waals surface area contributed by atoms with E-state index in [1.54, 1.807) is 21.6 Å². The van der Waals surface area contributed by atoms with Crippen molar-refractivity contribution >= 4 is 5.91 Å². The van der Waals surface area contributed by atoms with E-state index in [4.69, 9.17) is 4.74 Å². The van der Waals surface area contributed by atoms with Crippen LogP contribution < -0.4 is 5.32 Å². The molecule has 1 aliphatic rings. The van der Waals surface area contributed by atoms with E-state index in [0.717, 1.165) is 0 Å². The molecular formula is C15H13FN6O2. The molecule has 0 saturated heterocycles. The molecule has 0 saturated carbocycles. The number of fused-ring (bicyclic) bond motifs is 5. The third-order valence-corrected chi connectivity index (χ3v) is 3.83. The largest absolute Gasteiger partial charge is 0.364 e. The molecule has 8 nitrogen and oxygen atoms in total. The van der Waals surface area contributed by atoms with Gasteiger partial charge in [-0.3, -0.25) is 9.36 Å². The molecule has 9 heteroatoms. The minimum atomic E-state index is -0.370. The van der Waals surface area contributed by atoms with Crippen molar-refractivity contribution in [2.24, 2.45) is 0 Å². The number of aromatic nitrogens is 5. The third kappa shape index (κ3) is 2.17. The predicted octanol–water partition coefficient (Wildman–Crippen LogP) is 0.965. The zero-order chi connectivity index (χ0) is 16.7. The van der Waals surface area contributed by atoms with Crippen LogP contribution in [0, 0.1) is 5.82 Å². The Labute approximate surface area is 135 Å². The molecule has 0 radical (unpaired) electrons. The van der Waals surface area contributed by atoms with Crippen LogP contribution in [0.5, 0.6) is 0 Å². The van der Waals surface area contributed by atoms with Gasteiger partial charge in [0.05, 0.1) is 17.9 Å². The zero-order valence-corrected chi connectivity index (χ0v) is 12.7. The number of hydrogen-bond donors (Lipinski definition) is 1. The van der Waals surface area contributed by atoms with Gasteiger partial charge in [-0.05, 0) is 18.2 Å². The summed E-state index contributed by atoms with van der Waals surface area (Å²) in [6, 6.07) is 4.39. The second-order valence-electron chi connectivity index (χ2n) is 5.25. The van der Waals surface area contributed by atoms with Crippen LogP contribution >= 0.6 is 0 Å². The summed E-state index contributed by atoms with van der Waals surface area (Å²) in [5.41, 5.74) is 2.19. The standard InChI is InChI=1S/C15H13FN6O2/c1-24-8-19-15(23)13-12-5-22-14(17-6-20-22)10-4-9(16)2-3-11(10)21(12)7-18-13/h2-4,6-7H,5,8H2,1H3,(H,19,23).